The molecule has 1 N–H and O–H groups in total. The Morgan fingerprint density at radius 2 is 1.88 bits per heavy atom. The first-order valence-electron chi connectivity index (χ1n) is 8.55. The maximum Gasteiger partial charge on any atom is 0.233 e. The number of thioether (sulfide) groups is 1. The van der Waals surface area contributed by atoms with Gasteiger partial charge in [0.25, 0.3) is 0 Å². The summed E-state index contributed by atoms with van der Waals surface area (Å²) in [5.74, 6) is 1.68. The van der Waals surface area contributed by atoms with E-state index in [4.69, 9.17) is 9.47 Å². The average Bonchev–Trinajstić information content (AvgIpc) is 3.03. The van der Waals surface area contributed by atoms with Gasteiger partial charge in [-0.15, -0.1) is 11.8 Å². The van der Waals surface area contributed by atoms with Gasteiger partial charge in [0, 0.05) is 4.90 Å². The number of aryl methyl sites for hydroxylation is 1. The van der Waals surface area contributed by atoms with Gasteiger partial charge in [-0.05, 0) is 56.2 Å². The molecule has 2 aromatic rings. The zero-order valence-electron chi connectivity index (χ0n) is 14.6. The van der Waals surface area contributed by atoms with Crippen molar-refractivity contribution in [3.63, 3.8) is 0 Å². The van der Waals surface area contributed by atoms with Crippen LogP contribution >= 0.6 is 11.8 Å². The van der Waals surface area contributed by atoms with Crippen molar-refractivity contribution in [3.8, 4) is 11.5 Å². The molecule has 2 aromatic carbocycles. The Morgan fingerprint density at radius 3 is 2.60 bits per heavy atom. The second kappa shape index (κ2) is 8.30. The summed E-state index contributed by atoms with van der Waals surface area (Å²) in [5, 5.41) is 2.93. The lowest BCUT2D eigenvalue weighted by atomic mass is 10.1. The second-order valence-corrected chi connectivity index (χ2v) is 7.21. The van der Waals surface area contributed by atoms with Crippen LogP contribution in [0.3, 0.4) is 0 Å². The van der Waals surface area contributed by atoms with Crippen molar-refractivity contribution in [2.45, 2.75) is 30.4 Å². The molecule has 0 saturated heterocycles. The number of ether oxygens (including phenoxy) is 2. The van der Waals surface area contributed by atoms with E-state index in [0.717, 1.165) is 17.9 Å². The monoisotopic (exact) mass is 357 g/mol. The molecule has 132 valence electrons. The van der Waals surface area contributed by atoms with Crippen molar-refractivity contribution < 1.29 is 14.3 Å². The number of fused-ring (bicyclic) bond motifs is 1. The summed E-state index contributed by atoms with van der Waals surface area (Å²) >= 11 is 1.65. The van der Waals surface area contributed by atoms with Gasteiger partial charge in [-0.3, -0.25) is 4.79 Å². The van der Waals surface area contributed by atoms with Crippen LogP contribution in [0.15, 0.2) is 47.4 Å². The van der Waals surface area contributed by atoms with E-state index in [1.165, 1.54) is 16.0 Å². The molecule has 0 aliphatic carbocycles. The third-order valence-electron chi connectivity index (χ3n) is 3.99. The Morgan fingerprint density at radius 1 is 1.16 bits per heavy atom. The Bertz CT molecular complexity index is 730. The van der Waals surface area contributed by atoms with Gasteiger partial charge in [-0.25, -0.2) is 0 Å². The molecule has 1 heterocycles. The minimum absolute atomic E-state index is 0.0396. The summed E-state index contributed by atoms with van der Waals surface area (Å²) in [4.78, 5) is 13.6. The number of amides is 1. The first kappa shape index (κ1) is 17.7. The highest BCUT2D eigenvalue weighted by Crippen LogP contribution is 2.37. The van der Waals surface area contributed by atoms with Crippen LogP contribution < -0.4 is 14.8 Å². The largest absolute Gasteiger partial charge is 0.494 e. The lowest BCUT2D eigenvalue weighted by Crippen LogP contribution is -2.35. The molecule has 0 aromatic heterocycles. The molecular weight excluding hydrogens is 334 g/mol. The molecule has 1 amide bonds. The third kappa shape index (κ3) is 4.69. The molecule has 0 saturated carbocycles. The summed E-state index contributed by atoms with van der Waals surface area (Å²) in [5.41, 5.74) is 2.50. The zero-order chi connectivity index (χ0) is 17.6. The molecule has 0 spiro atoms. The van der Waals surface area contributed by atoms with Crippen molar-refractivity contribution in [1.82, 2.24) is 5.32 Å². The molecule has 3 rings (SSSR count). The van der Waals surface area contributed by atoms with Gasteiger partial charge in [0.05, 0.1) is 18.4 Å². The fourth-order valence-corrected chi connectivity index (χ4v) is 4.05. The first-order chi connectivity index (χ1) is 12.2. The highest BCUT2D eigenvalue weighted by atomic mass is 32.2. The molecule has 0 radical (unpaired) electrons. The molecule has 0 fully saturated rings. The molecule has 25 heavy (non-hydrogen) atoms. The van der Waals surface area contributed by atoms with E-state index in [0.29, 0.717) is 19.8 Å². The molecule has 1 atom stereocenters. The SMILES string of the molecule is CCOc1ccc(OCCNC(=O)C2Cc3ccc(C)cc3S2)cc1. The number of hydrogen-bond acceptors (Lipinski definition) is 4. The third-order valence-corrected chi connectivity index (χ3v) is 5.29. The summed E-state index contributed by atoms with van der Waals surface area (Å²) in [6.45, 7) is 5.62. The van der Waals surface area contributed by atoms with E-state index in [-0.39, 0.29) is 11.2 Å². The summed E-state index contributed by atoms with van der Waals surface area (Å²) < 4.78 is 11.0. The Hall–Kier alpha value is -2.14. The number of hydrogen-bond donors (Lipinski definition) is 1. The molecule has 0 bridgehead atoms. The molecule has 1 aliphatic rings. The predicted molar refractivity (Wildman–Crippen MR) is 101 cm³/mol. The van der Waals surface area contributed by atoms with Crippen LogP contribution in [0.25, 0.3) is 0 Å². The van der Waals surface area contributed by atoms with E-state index in [1.54, 1.807) is 11.8 Å². The molecular formula is C20H23NO3S. The van der Waals surface area contributed by atoms with E-state index in [1.807, 2.05) is 31.2 Å². The van der Waals surface area contributed by atoms with Crippen molar-refractivity contribution in [2.75, 3.05) is 19.8 Å². The van der Waals surface area contributed by atoms with Crippen LogP contribution in [0.5, 0.6) is 11.5 Å². The summed E-state index contributed by atoms with van der Waals surface area (Å²) in [6.07, 6.45) is 0.797. The normalized spacial score (nSPS) is 15.5. The predicted octanol–water partition coefficient (Wildman–Crippen LogP) is 3.61. The number of nitrogens with one attached hydrogen (secondary N) is 1. The quantitative estimate of drug-likeness (QED) is 0.769. The van der Waals surface area contributed by atoms with Crippen molar-refractivity contribution in [2.24, 2.45) is 0 Å². The standard InChI is InChI=1S/C20H23NO3S/c1-3-23-16-6-8-17(9-7-16)24-11-10-21-20(22)19-13-15-5-4-14(2)12-18(15)25-19/h4-9,12,19H,3,10-11,13H2,1-2H3,(H,21,22). The van der Waals surface area contributed by atoms with E-state index >= 15 is 0 Å². The van der Waals surface area contributed by atoms with Crippen LogP contribution in [0.1, 0.15) is 18.1 Å². The number of benzene rings is 2. The molecule has 5 heteroatoms. The van der Waals surface area contributed by atoms with Crippen LogP contribution in [-0.4, -0.2) is 30.9 Å². The molecule has 1 aliphatic heterocycles. The van der Waals surface area contributed by atoms with Crippen molar-refractivity contribution in [3.05, 3.63) is 53.6 Å². The Labute approximate surface area is 152 Å². The highest BCUT2D eigenvalue weighted by molar-refractivity contribution is 8.01. The van der Waals surface area contributed by atoms with Crippen LogP contribution in [-0.2, 0) is 11.2 Å². The maximum atomic E-state index is 12.3. The summed E-state index contributed by atoms with van der Waals surface area (Å²) in [6, 6.07) is 13.9. The Kier molecular flexibility index (Phi) is 5.87. The van der Waals surface area contributed by atoms with Gasteiger partial charge in [-0.1, -0.05) is 17.7 Å². The van der Waals surface area contributed by atoms with E-state index in [2.05, 4.69) is 30.4 Å². The Balaban J connectivity index is 1.40. The van der Waals surface area contributed by atoms with Gasteiger partial charge in [-0.2, -0.15) is 0 Å². The smallest absolute Gasteiger partial charge is 0.233 e. The molecule has 1 unspecified atom stereocenters. The fourth-order valence-electron chi connectivity index (χ4n) is 2.74. The minimum atomic E-state index is -0.0396. The van der Waals surface area contributed by atoms with Gasteiger partial charge in [0.2, 0.25) is 5.91 Å². The zero-order valence-corrected chi connectivity index (χ0v) is 15.4. The van der Waals surface area contributed by atoms with Gasteiger partial charge in [0.1, 0.15) is 18.1 Å². The first-order valence-corrected chi connectivity index (χ1v) is 9.43. The fraction of sp³-hybridized carbons (Fsp3) is 0.350. The number of carbonyl (C=O) groups excluding carboxylic acids is 1. The van der Waals surface area contributed by atoms with Crippen molar-refractivity contribution >= 4 is 17.7 Å². The maximum absolute atomic E-state index is 12.3. The van der Waals surface area contributed by atoms with E-state index < -0.39 is 0 Å². The molecule has 4 nitrogen and oxygen atoms in total. The summed E-state index contributed by atoms with van der Waals surface area (Å²) in [7, 11) is 0. The van der Waals surface area contributed by atoms with Crippen LogP contribution in [0.2, 0.25) is 0 Å². The van der Waals surface area contributed by atoms with Gasteiger partial charge in [0.15, 0.2) is 0 Å². The second-order valence-electron chi connectivity index (χ2n) is 5.97. The highest BCUT2D eigenvalue weighted by Gasteiger charge is 2.27. The lowest BCUT2D eigenvalue weighted by molar-refractivity contribution is -0.120. The van der Waals surface area contributed by atoms with E-state index in [9.17, 15) is 4.79 Å². The number of carbonyl (C=O) groups is 1. The lowest BCUT2D eigenvalue weighted by Gasteiger charge is -2.11. The van der Waals surface area contributed by atoms with Crippen LogP contribution in [0.4, 0.5) is 0 Å². The number of rotatable bonds is 7. The minimum Gasteiger partial charge on any atom is -0.494 e. The topological polar surface area (TPSA) is 47.6 Å². The van der Waals surface area contributed by atoms with Gasteiger partial charge >= 0.3 is 0 Å². The average molecular weight is 357 g/mol. The van der Waals surface area contributed by atoms with Crippen LogP contribution in [0, 0.1) is 6.92 Å². The van der Waals surface area contributed by atoms with Crippen molar-refractivity contribution in [1.29, 1.82) is 0 Å². The van der Waals surface area contributed by atoms with Gasteiger partial charge < -0.3 is 14.8 Å².